The number of benzene rings is 2. The van der Waals surface area contributed by atoms with Crippen LogP contribution in [0.5, 0.6) is 0 Å². The summed E-state index contributed by atoms with van der Waals surface area (Å²) in [4.78, 5) is 0. The Labute approximate surface area is 116 Å². The maximum Gasteiger partial charge on any atom is 0.0120 e. The molecule has 19 heavy (non-hydrogen) atoms. The lowest BCUT2D eigenvalue weighted by atomic mass is 9.94. The zero-order valence-electron chi connectivity index (χ0n) is 12.1. The molecule has 1 heteroatoms. The van der Waals surface area contributed by atoms with Gasteiger partial charge in [0.1, 0.15) is 0 Å². The van der Waals surface area contributed by atoms with Gasteiger partial charge in [0.2, 0.25) is 0 Å². The van der Waals surface area contributed by atoms with Crippen molar-refractivity contribution in [2.75, 3.05) is 0 Å². The van der Waals surface area contributed by atoms with E-state index in [0.717, 1.165) is 12.8 Å². The lowest BCUT2D eigenvalue weighted by molar-refractivity contribution is 0.662. The molecule has 0 radical (unpaired) electrons. The van der Waals surface area contributed by atoms with E-state index in [0.29, 0.717) is 0 Å². The summed E-state index contributed by atoms with van der Waals surface area (Å²) in [5.74, 6) is 0. The molecule has 2 aromatic rings. The van der Waals surface area contributed by atoms with E-state index in [1.54, 1.807) is 0 Å². The molecule has 0 aliphatic heterocycles. The van der Waals surface area contributed by atoms with E-state index in [1.165, 1.54) is 27.8 Å². The van der Waals surface area contributed by atoms with Crippen molar-refractivity contribution in [1.82, 2.24) is 0 Å². The highest BCUT2D eigenvalue weighted by Crippen LogP contribution is 2.17. The SMILES string of the molecule is Cc1cc(C)c(CC(N)Cc2ccccc2)cc1C. The monoisotopic (exact) mass is 253 g/mol. The van der Waals surface area contributed by atoms with Crippen LogP contribution in [-0.2, 0) is 12.8 Å². The first-order valence-corrected chi connectivity index (χ1v) is 6.92. The van der Waals surface area contributed by atoms with E-state index in [9.17, 15) is 0 Å². The molecule has 2 N–H and O–H groups in total. The zero-order valence-corrected chi connectivity index (χ0v) is 12.1. The molecule has 0 amide bonds. The molecule has 0 saturated heterocycles. The summed E-state index contributed by atoms with van der Waals surface area (Å²) in [7, 11) is 0. The van der Waals surface area contributed by atoms with E-state index >= 15 is 0 Å². The molecule has 2 aromatic carbocycles. The summed E-state index contributed by atoms with van der Waals surface area (Å²) >= 11 is 0. The van der Waals surface area contributed by atoms with Crippen LogP contribution >= 0.6 is 0 Å². The summed E-state index contributed by atoms with van der Waals surface area (Å²) in [6.07, 6.45) is 1.88. The quantitative estimate of drug-likeness (QED) is 0.883. The van der Waals surface area contributed by atoms with Crippen molar-refractivity contribution < 1.29 is 0 Å². The van der Waals surface area contributed by atoms with Crippen molar-refractivity contribution in [2.45, 2.75) is 39.7 Å². The van der Waals surface area contributed by atoms with Gasteiger partial charge in [0.25, 0.3) is 0 Å². The first-order chi connectivity index (χ1) is 9.06. The average Bonchev–Trinajstić information content (AvgIpc) is 2.37. The largest absolute Gasteiger partial charge is 0.327 e. The van der Waals surface area contributed by atoms with Gasteiger partial charge in [0.15, 0.2) is 0 Å². The van der Waals surface area contributed by atoms with Crippen molar-refractivity contribution in [2.24, 2.45) is 5.73 Å². The van der Waals surface area contributed by atoms with Crippen LogP contribution in [0.1, 0.15) is 27.8 Å². The topological polar surface area (TPSA) is 26.0 Å². The number of hydrogen-bond acceptors (Lipinski definition) is 1. The molecule has 0 fully saturated rings. The fourth-order valence-electron chi connectivity index (χ4n) is 2.51. The van der Waals surface area contributed by atoms with Crippen LogP contribution in [0, 0.1) is 20.8 Å². The second-order valence-corrected chi connectivity index (χ2v) is 5.52. The minimum atomic E-state index is 0.184. The molecule has 1 atom stereocenters. The predicted octanol–water partition coefficient (Wildman–Crippen LogP) is 3.72. The highest BCUT2D eigenvalue weighted by molar-refractivity contribution is 5.37. The molecule has 0 saturated carbocycles. The average molecular weight is 253 g/mol. The molecule has 0 heterocycles. The van der Waals surface area contributed by atoms with Gasteiger partial charge in [-0.3, -0.25) is 0 Å². The fraction of sp³-hybridized carbons (Fsp3) is 0.333. The van der Waals surface area contributed by atoms with Crippen LogP contribution in [0.3, 0.4) is 0 Å². The Morgan fingerprint density at radius 3 is 2.16 bits per heavy atom. The van der Waals surface area contributed by atoms with Crippen LogP contribution in [0.2, 0.25) is 0 Å². The van der Waals surface area contributed by atoms with Crippen LogP contribution in [-0.4, -0.2) is 6.04 Å². The minimum Gasteiger partial charge on any atom is -0.327 e. The summed E-state index contributed by atoms with van der Waals surface area (Å²) in [6, 6.07) is 15.2. The molecular weight excluding hydrogens is 230 g/mol. The van der Waals surface area contributed by atoms with E-state index in [4.69, 9.17) is 5.73 Å². The smallest absolute Gasteiger partial charge is 0.0120 e. The summed E-state index contributed by atoms with van der Waals surface area (Å²) in [6.45, 7) is 6.51. The number of hydrogen-bond donors (Lipinski definition) is 1. The molecule has 0 aromatic heterocycles. The number of rotatable bonds is 4. The van der Waals surface area contributed by atoms with Gasteiger partial charge in [-0.25, -0.2) is 0 Å². The van der Waals surface area contributed by atoms with Gasteiger partial charge in [-0.15, -0.1) is 0 Å². The van der Waals surface area contributed by atoms with Crippen LogP contribution in [0.15, 0.2) is 42.5 Å². The number of nitrogens with two attached hydrogens (primary N) is 1. The molecule has 0 spiro atoms. The van der Waals surface area contributed by atoms with Crippen molar-refractivity contribution in [3.8, 4) is 0 Å². The summed E-state index contributed by atoms with van der Waals surface area (Å²) < 4.78 is 0. The first kappa shape index (κ1) is 13.8. The summed E-state index contributed by atoms with van der Waals surface area (Å²) in [5, 5.41) is 0. The minimum absolute atomic E-state index is 0.184. The lowest BCUT2D eigenvalue weighted by Gasteiger charge is -2.15. The molecule has 0 aliphatic rings. The molecule has 1 nitrogen and oxygen atoms in total. The Morgan fingerprint density at radius 2 is 1.47 bits per heavy atom. The highest BCUT2D eigenvalue weighted by Gasteiger charge is 2.08. The van der Waals surface area contributed by atoms with E-state index in [-0.39, 0.29) is 6.04 Å². The molecule has 0 aliphatic carbocycles. The van der Waals surface area contributed by atoms with Gasteiger partial charge in [-0.2, -0.15) is 0 Å². The Hall–Kier alpha value is -1.60. The van der Waals surface area contributed by atoms with Crippen molar-refractivity contribution in [3.63, 3.8) is 0 Å². The normalized spacial score (nSPS) is 12.4. The Morgan fingerprint density at radius 1 is 0.842 bits per heavy atom. The zero-order chi connectivity index (χ0) is 13.8. The van der Waals surface area contributed by atoms with Crippen LogP contribution < -0.4 is 5.73 Å². The Bertz CT molecular complexity index is 543. The van der Waals surface area contributed by atoms with Gasteiger partial charge in [0.05, 0.1) is 0 Å². The highest BCUT2D eigenvalue weighted by atomic mass is 14.6. The Balaban J connectivity index is 2.07. The third-order valence-corrected chi connectivity index (χ3v) is 3.78. The van der Waals surface area contributed by atoms with Gasteiger partial charge in [-0.05, 0) is 61.4 Å². The van der Waals surface area contributed by atoms with Crippen molar-refractivity contribution in [3.05, 3.63) is 70.3 Å². The van der Waals surface area contributed by atoms with Crippen molar-refractivity contribution >= 4 is 0 Å². The van der Waals surface area contributed by atoms with Gasteiger partial charge >= 0.3 is 0 Å². The van der Waals surface area contributed by atoms with Gasteiger partial charge in [-0.1, -0.05) is 42.5 Å². The summed E-state index contributed by atoms with van der Waals surface area (Å²) in [5.41, 5.74) is 13.1. The van der Waals surface area contributed by atoms with Gasteiger partial charge in [0, 0.05) is 6.04 Å². The predicted molar refractivity (Wildman–Crippen MR) is 82.5 cm³/mol. The third kappa shape index (κ3) is 3.68. The second kappa shape index (κ2) is 6.03. The number of aryl methyl sites for hydroxylation is 3. The van der Waals surface area contributed by atoms with E-state index in [2.05, 4.69) is 57.2 Å². The van der Waals surface area contributed by atoms with Crippen LogP contribution in [0.25, 0.3) is 0 Å². The maximum absolute atomic E-state index is 6.29. The molecule has 2 rings (SSSR count). The fourth-order valence-corrected chi connectivity index (χ4v) is 2.51. The lowest BCUT2D eigenvalue weighted by Crippen LogP contribution is -2.26. The second-order valence-electron chi connectivity index (χ2n) is 5.52. The third-order valence-electron chi connectivity index (χ3n) is 3.78. The standard InChI is InChI=1S/C18H23N/c1-13-9-15(3)17(10-14(13)2)12-18(19)11-16-7-5-4-6-8-16/h4-10,18H,11-12,19H2,1-3H3. The van der Waals surface area contributed by atoms with Gasteiger partial charge < -0.3 is 5.73 Å². The van der Waals surface area contributed by atoms with Crippen molar-refractivity contribution in [1.29, 1.82) is 0 Å². The Kier molecular flexibility index (Phi) is 4.39. The molecular formula is C18H23N. The molecule has 100 valence electrons. The first-order valence-electron chi connectivity index (χ1n) is 6.92. The van der Waals surface area contributed by atoms with E-state index in [1.807, 2.05) is 6.07 Å². The molecule has 0 bridgehead atoms. The van der Waals surface area contributed by atoms with E-state index < -0.39 is 0 Å². The van der Waals surface area contributed by atoms with Crippen LogP contribution in [0.4, 0.5) is 0 Å². The maximum atomic E-state index is 6.29. The molecule has 1 unspecified atom stereocenters.